The van der Waals surface area contributed by atoms with Crippen LogP contribution in [0.2, 0.25) is 0 Å². The van der Waals surface area contributed by atoms with Crippen molar-refractivity contribution in [2.45, 2.75) is 20.3 Å². The third-order valence-electron chi connectivity index (χ3n) is 4.23. The van der Waals surface area contributed by atoms with Crippen molar-refractivity contribution in [1.82, 2.24) is 10.9 Å². The van der Waals surface area contributed by atoms with E-state index in [2.05, 4.69) is 22.9 Å². The van der Waals surface area contributed by atoms with Crippen molar-refractivity contribution in [1.29, 1.82) is 0 Å². The van der Waals surface area contributed by atoms with E-state index in [1.807, 2.05) is 18.2 Å². The van der Waals surface area contributed by atoms with Crippen molar-refractivity contribution in [3.05, 3.63) is 53.6 Å². The van der Waals surface area contributed by atoms with Crippen molar-refractivity contribution in [2.75, 3.05) is 20.0 Å². The molecular weight excluding hydrogens is 390 g/mol. The molecule has 0 atom stereocenters. The van der Waals surface area contributed by atoms with Crippen molar-refractivity contribution in [3.63, 3.8) is 0 Å². The molecule has 9 heteroatoms. The van der Waals surface area contributed by atoms with E-state index in [0.717, 1.165) is 12.0 Å². The number of hydrogen-bond donors (Lipinski definition) is 2. The van der Waals surface area contributed by atoms with Crippen molar-refractivity contribution < 1.29 is 28.6 Å². The molecule has 0 aliphatic carbocycles. The second-order valence-electron chi connectivity index (χ2n) is 6.40. The molecule has 0 unspecified atom stereocenters. The van der Waals surface area contributed by atoms with E-state index in [9.17, 15) is 9.59 Å². The van der Waals surface area contributed by atoms with Crippen LogP contribution in [-0.2, 0) is 20.8 Å². The average Bonchev–Trinajstić information content (AvgIpc) is 3.24. The number of amides is 2. The molecule has 30 heavy (non-hydrogen) atoms. The Morgan fingerprint density at radius 2 is 1.70 bits per heavy atom. The van der Waals surface area contributed by atoms with Crippen LogP contribution < -0.4 is 25.1 Å². The van der Waals surface area contributed by atoms with Crippen LogP contribution in [0.15, 0.2) is 47.6 Å². The van der Waals surface area contributed by atoms with Gasteiger partial charge in [-0.25, -0.2) is 0 Å². The topological polar surface area (TPSA) is 107 Å². The lowest BCUT2D eigenvalue weighted by atomic mass is 10.1. The summed E-state index contributed by atoms with van der Waals surface area (Å²) < 4.78 is 15.9. The van der Waals surface area contributed by atoms with Gasteiger partial charge in [0, 0.05) is 5.56 Å². The molecule has 0 radical (unpaired) electrons. The summed E-state index contributed by atoms with van der Waals surface area (Å²) in [6.45, 7) is 3.39. The van der Waals surface area contributed by atoms with E-state index in [0.29, 0.717) is 23.0 Å². The molecular formula is C21H23N3O6. The van der Waals surface area contributed by atoms with Gasteiger partial charge >= 0.3 is 0 Å². The molecule has 0 spiro atoms. The molecule has 1 aliphatic rings. The standard InChI is InChI=1S/C21H23N3O6/c1-3-15-4-7-17(8-5-15)27-11-20(25)22-23-21(26)12-30-24-14(2)16-6-9-18-19(10-16)29-13-28-18/h4-10H,3,11-13H2,1-2H3,(H,22,25)(H,23,26)/b24-14-. The van der Waals surface area contributed by atoms with Crippen molar-refractivity contribution >= 4 is 17.5 Å². The van der Waals surface area contributed by atoms with Gasteiger partial charge in [-0.1, -0.05) is 24.2 Å². The third kappa shape index (κ3) is 5.87. The SMILES string of the molecule is CCc1ccc(OCC(=O)NNC(=O)CO/N=C(/C)c2ccc3c(c2)OCO3)cc1. The zero-order chi connectivity index (χ0) is 21.3. The van der Waals surface area contributed by atoms with Gasteiger partial charge in [0.15, 0.2) is 24.7 Å². The summed E-state index contributed by atoms with van der Waals surface area (Å²) in [6, 6.07) is 12.8. The lowest BCUT2D eigenvalue weighted by Crippen LogP contribution is -2.45. The summed E-state index contributed by atoms with van der Waals surface area (Å²) in [4.78, 5) is 28.6. The number of rotatable bonds is 8. The average molecular weight is 413 g/mol. The molecule has 0 saturated carbocycles. The molecule has 2 aromatic carbocycles. The predicted molar refractivity (Wildman–Crippen MR) is 108 cm³/mol. The molecule has 3 rings (SSSR count). The highest BCUT2D eigenvalue weighted by Crippen LogP contribution is 2.32. The summed E-state index contributed by atoms with van der Waals surface area (Å²) >= 11 is 0. The summed E-state index contributed by atoms with van der Waals surface area (Å²) in [5, 5.41) is 3.90. The number of oxime groups is 1. The zero-order valence-corrected chi connectivity index (χ0v) is 16.8. The highest BCUT2D eigenvalue weighted by atomic mass is 16.7. The summed E-state index contributed by atoms with van der Waals surface area (Å²) in [6.07, 6.45) is 0.926. The Morgan fingerprint density at radius 1 is 1.00 bits per heavy atom. The number of carbonyl (C=O) groups excluding carboxylic acids is 2. The second-order valence-corrected chi connectivity index (χ2v) is 6.40. The van der Waals surface area contributed by atoms with Gasteiger partial charge in [0.25, 0.3) is 11.8 Å². The maximum Gasteiger partial charge on any atom is 0.279 e. The lowest BCUT2D eigenvalue weighted by Gasteiger charge is -2.09. The van der Waals surface area contributed by atoms with Crippen LogP contribution in [0, 0.1) is 0 Å². The van der Waals surface area contributed by atoms with E-state index < -0.39 is 11.8 Å². The van der Waals surface area contributed by atoms with Gasteiger partial charge < -0.3 is 19.0 Å². The van der Waals surface area contributed by atoms with Gasteiger partial charge in [-0.15, -0.1) is 0 Å². The zero-order valence-electron chi connectivity index (χ0n) is 16.8. The Morgan fingerprint density at radius 3 is 2.43 bits per heavy atom. The fourth-order valence-corrected chi connectivity index (χ4v) is 2.54. The molecule has 0 bridgehead atoms. The number of ether oxygens (including phenoxy) is 3. The molecule has 1 heterocycles. The van der Waals surface area contributed by atoms with E-state index in [1.54, 1.807) is 31.2 Å². The van der Waals surface area contributed by atoms with Crippen LogP contribution in [0.4, 0.5) is 0 Å². The Labute approximate surface area is 173 Å². The largest absolute Gasteiger partial charge is 0.484 e. The molecule has 158 valence electrons. The predicted octanol–water partition coefficient (Wildman–Crippen LogP) is 1.94. The van der Waals surface area contributed by atoms with Crippen LogP contribution in [0.1, 0.15) is 25.0 Å². The van der Waals surface area contributed by atoms with Crippen LogP contribution in [0.3, 0.4) is 0 Å². The molecule has 0 aromatic heterocycles. The first-order valence-electron chi connectivity index (χ1n) is 9.41. The number of fused-ring (bicyclic) bond motifs is 1. The van der Waals surface area contributed by atoms with Gasteiger partial charge in [-0.05, 0) is 49.2 Å². The number of hydrazine groups is 1. The van der Waals surface area contributed by atoms with Crippen molar-refractivity contribution in [2.24, 2.45) is 5.16 Å². The molecule has 2 aromatic rings. The molecule has 1 aliphatic heterocycles. The summed E-state index contributed by atoms with van der Waals surface area (Å²) in [7, 11) is 0. The minimum absolute atomic E-state index is 0.188. The van der Waals surface area contributed by atoms with E-state index in [-0.39, 0.29) is 20.0 Å². The minimum atomic E-state index is -0.558. The Hall–Kier alpha value is -3.75. The van der Waals surface area contributed by atoms with Gasteiger partial charge in [0.1, 0.15) is 5.75 Å². The van der Waals surface area contributed by atoms with Gasteiger partial charge in [0.05, 0.1) is 5.71 Å². The molecule has 0 fully saturated rings. The number of aryl methyl sites for hydroxylation is 1. The summed E-state index contributed by atoms with van der Waals surface area (Å²) in [5.74, 6) is 0.821. The normalized spacial score (nSPS) is 12.3. The van der Waals surface area contributed by atoms with Crippen LogP contribution in [0.5, 0.6) is 17.2 Å². The van der Waals surface area contributed by atoms with Crippen LogP contribution in [0.25, 0.3) is 0 Å². The monoisotopic (exact) mass is 413 g/mol. The highest BCUT2D eigenvalue weighted by molar-refractivity contribution is 5.99. The van der Waals surface area contributed by atoms with Crippen LogP contribution in [-0.4, -0.2) is 37.5 Å². The van der Waals surface area contributed by atoms with E-state index >= 15 is 0 Å². The maximum absolute atomic E-state index is 11.8. The van der Waals surface area contributed by atoms with E-state index in [4.69, 9.17) is 19.0 Å². The lowest BCUT2D eigenvalue weighted by molar-refractivity contribution is -0.132. The van der Waals surface area contributed by atoms with Gasteiger partial charge in [-0.3, -0.25) is 20.4 Å². The number of benzene rings is 2. The Bertz CT molecular complexity index is 927. The number of nitrogens with zero attached hydrogens (tertiary/aromatic N) is 1. The number of carbonyl (C=O) groups is 2. The quantitative estimate of drug-likeness (QED) is 0.506. The fraction of sp³-hybridized carbons (Fsp3) is 0.286. The first-order valence-corrected chi connectivity index (χ1v) is 9.41. The van der Waals surface area contributed by atoms with Crippen LogP contribution >= 0.6 is 0 Å². The summed E-state index contributed by atoms with van der Waals surface area (Å²) in [5.41, 5.74) is 7.00. The van der Waals surface area contributed by atoms with Gasteiger partial charge in [0.2, 0.25) is 6.79 Å². The molecule has 2 N–H and O–H groups in total. The first-order chi connectivity index (χ1) is 14.5. The first kappa shape index (κ1) is 21.0. The second kappa shape index (κ2) is 10.1. The minimum Gasteiger partial charge on any atom is -0.484 e. The highest BCUT2D eigenvalue weighted by Gasteiger charge is 2.14. The molecule has 2 amide bonds. The number of nitrogens with one attached hydrogen (secondary N) is 2. The van der Waals surface area contributed by atoms with Gasteiger partial charge in [-0.2, -0.15) is 0 Å². The molecule has 9 nitrogen and oxygen atoms in total. The number of hydrogen-bond acceptors (Lipinski definition) is 7. The molecule has 0 saturated heterocycles. The maximum atomic E-state index is 11.8. The Kier molecular flexibility index (Phi) is 7.09. The van der Waals surface area contributed by atoms with Crippen molar-refractivity contribution in [3.8, 4) is 17.2 Å². The Balaban J connectivity index is 1.35. The smallest absolute Gasteiger partial charge is 0.279 e. The van der Waals surface area contributed by atoms with E-state index in [1.165, 1.54) is 5.56 Å². The fourth-order valence-electron chi connectivity index (χ4n) is 2.54. The third-order valence-corrected chi connectivity index (χ3v) is 4.23.